The van der Waals surface area contributed by atoms with E-state index in [1.54, 1.807) is 47.4 Å². The molecule has 3 N–H and O–H groups in total. The van der Waals surface area contributed by atoms with Gasteiger partial charge in [0.15, 0.2) is 0 Å². The summed E-state index contributed by atoms with van der Waals surface area (Å²) in [4.78, 5) is 55.6. The summed E-state index contributed by atoms with van der Waals surface area (Å²) in [7, 11) is 0. The summed E-state index contributed by atoms with van der Waals surface area (Å²) in [6.45, 7) is 1.05. The number of rotatable bonds is 4. The predicted octanol–water partition coefficient (Wildman–Crippen LogP) is 2.92. The fraction of sp³-hybridized carbons (Fsp3) is 0.407. The minimum Gasteiger partial charge on any atom is -0.338 e. The van der Waals surface area contributed by atoms with Gasteiger partial charge in [-0.25, -0.2) is 14.2 Å². The lowest BCUT2D eigenvalue weighted by molar-refractivity contribution is 0.0708. The monoisotopic (exact) mass is 489 g/mol. The first-order valence-electron chi connectivity index (χ1n) is 12.7. The summed E-state index contributed by atoms with van der Waals surface area (Å²) >= 11 is 0. The van der Waals surface area contributed by atoms with Crippen molar-refractivity contribution >= 4 is 22.8 Å². The fourth-order valence-corrected chi connectivity index (χ4v) is 5.23. The van der Waals surface area contributed by atoms with Gasteiger partial charge in [-0.1, -0.05) is 37.5 Å². The first-order valence-corrected chi connectivity index (χ1v) is 12.7. The molecular formula is C27H31N5O4. The Hall–Kier alpha value is -3.88. The molecule has 0 unspecified atom stereocenters. The van der Waals surface area contributed by atoms with Crippen LogP contribution < -0.4 is 21.9 Å². The van der Waals surface area contributed by atoms with Crippen molar-refractivity contribution in [2.24, 2.45) is 0 Å². The Morgan fingerprint density at radius 3 is 2.19 bits per heavy atom. The Balaban J connectivity index is 1.24. The van der Waals surface area contributed by atoms with E-state index in [0.717, 1.165) is 30.3 Å². The highest BCUT2D eigenvalue weighted by atomic mass is 16.2. The number of para-hydroxylation sites is 1. The van der Waals surface area contributed by atoms with E-state index in [-0.39, 0.29) is 24.0 Å². The van der Waals surface area contributed by atoms with Gasteiger partial charge in [0.1, 0.15) is 0 Å². The van der Waals surface area contributed by atoms with Crippen molar-refractivity contribution in [3.8, 4) is 5.69 Å². The zero-order valence-electron chi connectivity index (χ0n) is 20.2. The molecule has 1 aliphatic heterocycles. The van der Waals surface area contributed by atoms with Crippen molar-refractivity contribution in [2.75, 3.05) is 13.1 Å². The molecule has 0 radical (unpaired) electrons. The lowest BCUT2D eigenvalue weighted by Gasteiger charge is -2.33. The van der Waals surface area contributed by atoms with Gasteiger partial charge >= 0.3 is 11.7 Å². The number of carbonyl (C=O) groups excluding carboxylic acids is 2. The third-order valence-corrected chi connectivity index (χ3v) is 7.22. The molecule has 1 saturated heterocycles. The Morgan fingerprint density at radius 2 is 1.50 bits per heavy atom. The molecule has 1 aromatic heterocycles. The van der Waals surface area contributed by atoms with Gasteiger partial charge in [-0.05, 0) is 56.0 Å². The minimum absolute atomic E-state index is 0.0297. The van der Waals surface area contributed by atoms with E-state index in [0.29, 0.717) is 48.1 Å². The number of aromatic amines is 1. The van der Waals surface area contributed by atoms with Crippen LogP contribution in [0.5, 0.6) is 0 Å². The number of hydrogen-bond acceptors (Lipinski definition) is 4. The number of likely N-dealkylation sites (tertiary alicyclic amines) is 1. The van der Waals surface area contributed by atoms with E-state index in [9.17, 15) is 19.2 Å². The summed E-state index contributed by atoms with van der Waals surface area (Å²) in [5.74, 6) is -0.157. The van der Waals surface area contributed by atoms with Crippen LogP contribution in [0.4, 0.5) is 4.79 Å². The normalized spacial score (nSPS) is 17.2. The summed E-state index contributed by atoms with van der Waals surface area (Å²) in [5, 5.41) is 6.47. The standard InChI is InChI=1S/C27H31N5O4/c33-24(31-15-13-20(14-16-31)29-26(35)28-19-7-3-1-4-8-19)18-11-12-22-23(17-18)30-27(36)32(25(22)34)21-9-5-2-6-10-21/h2,5-6,9-12,17,19-20H,1,3-4,7-8,13-16H2,(H,30,36)(H2,28,29,35). The van der Waals surface area contributed by atoms with Crippen LogP contribution in [0.25, 0.3) is 16.6 Å². The highest BCUT2D eigenvalue weighted by Gasteiger charge is 2.26. The maximum Gasteiger partial charge on any atom is 0.333 e. The molecule has 5 rings (SSSR count). The number of aromatic nitrogens is 2. The van der Waals surface area contributed by atoms with Crippen molar-refractivity contribution in [1.29, 1.82) is 0 Å². The van der Waals surface area contributed by atoms with Crippen LogP contribution in [-0.2, 0) is 0 Å². The number of nitrogens with one attached hydrogen (secondary N) is 3. The van der Waals surface area contributed by atoms with E-state index in [1.165, 1.54) is 6.42 Å². The van der Waals surface area contributed by atoms with Gasteiger partial charge in [-0.2, -0.15) is 0 Å². The molecule has 188 valence electrons. The molecule has 0 bridgehead atoms. The fourth-order valence-electron chi connectivity index (χ4n) is 5.23. The molecule has 0 atom stereocenters. The molecule has 9 nitrogen and oxygen atoms in total. The molecule has 0 spiro atoms. The van der Waals surface area contributed by atoms with Crippen molar-refractivity contribution in [3.05, 3.63) is 74.9 Å². The Morgan fingerprint density at radius 1 is 0.833 bits per heavy atom. The van der Waals surface area contributed by atoms with Crippen molar-refractivity contribution in [2.45, 2.75) is 57.0 Å². The molecular weight excluding hydrogens is 458 g/mol. The maximum atomic E-state index is 13.1. The number of hydrogen-bond donors (Lipinski definition) is 3. The van der Waals surface area contributed by atoms with Crippen LogP contribution in [-0.4, -0.2) is 51.6 Å². The summed E-state index contributed by atoms with van der Waals surface area (Å²) in [6, 6.07) is 13.7. The second-order valence-electron chi connectivity index (χ2n) is 9.69. The smallest absolute Gasteiger partial charge is 0.333 e. The number of benzene rings is 2. The second-order valence-corrected chi connectivity index (χ2v) is 9.69. The van der Waals surface area contributed by atoms with Crippen LogP contribution in [0.1, 0.15) is 55.3 Å². The topological polar surface area (TPSA) is 116 Å². The van der Waals surface area contributed by atoms with Gasteiger partial charge in [-0.15, -0.1) is 0 Å². The number of H-pyrrole nitrogens is 1. The van der Waals surface area contributed by atoms with Crippen LogP contribution in [0.3, 0.4) is 0 Å². The number of fused-ring (bicyclic) bond motifs is 1. The third kappa shape index (κ3) is 5.05. The molecule has 3 amide bonds. The summed E-state index contributed by atoms with van der Waals surface area (Å²) in [5.41, 5.74) is 0.240. The zero-order chi connectivity index (χ0) is 25.1. The minimum atomic E-state index is -0.554. The molecule has 2 aliphatic rings. The molecule has 9 heteroatoms. The SMILES string of the molecule is O=C(NC1CCCCC1)NC1CCN(C(=O)c2ccc3c(=O)n(-c4ccccc4)c(=O)[nH]c3c2)CC1. The van der Waals surface area contributed by atoms with Crippen LogP contribution in [0, 0.1) is 0 Å². The Bertz CT molecular complexity index is 1370. The quantitative estimate of drug-likeness (QED) is 0.522. The maximum absolute atomic E-state index is 13.1. The Kier molecular flexibility index (Phi) is 6.88. The number of carbonyl (C=O) groups is 2. The van der Waals surface area contributed by atoms with Crippen molar-refractivity contribution < 1.29 is 9.59 Å². The molecule has 2 aromatic carbocycles. The molecule has 1 aliphatic carbocycles. The van der Waals surface area contributed by atoms with E-state index >= 15 is 0 Å². The first kappa shape index (κ1) is 23.8. The van der Waals surface area contributed by atoms with Crippen LogP contribution in [0.15, 0.2) is 58.1 Å². The van der Waals surface area contributed by atoms with Gasteiger partial charge < -0.3 is 20.5 Å². The van der Waals surface area contributed by atoms with Gasteiger partial charge in [0.05, 0.1) is 16.6 Å². The van der Waals surface area contributed by atoms with E-state index in [4.69, 9.17) is 0 Å². The van der Waals surface area contributed by atoms with Gasteiger partial charge in [0, 0.05) is 30.7 Å². The molecule has 2 fully saturated rings. The summed E-state index contributed by atoms with van der Waals surface area (Å²) in [6.07, 6.45) is 7.00. The van der Waals surface area contributed by atoms with Gasteiger partial charge in [-0.3, -0.25) is 9.59 Å². The van der Waals surface area contributed by atoms with Crippen LogP contribution in [0.2, 0.25) is 0 Å². The number of urea groups is 1. The first-order chi connectivity index (χ1) is 17.5. The van der Waals surface area contributed by atoms with E-state index in [2.05, 4.69) is 15.6 Å². The Labute approximate surface area is 208 Å². The van der Waals surface area contributed by atoms with Gasteiger partial charge in [0.25, 0.3) is 11.5 Å². The zero-order valence-corrected chi connectivity index (χ0v) is 20.2. The largest absolute Gasteiger partial charge is 0.338 e. The summed E-state index contributed by atoms with van der Waals surface area (Å²) < 4.78 is 1.09. The van der Waals surface area contributed by atoms with Crippen molar-refractivity contribution in [3.63, 3.8) is 0 Å². The number of amides is 3. The average Bonchev–Trinajstić information content (AvgIpc) is 2.89. The highest BCUT2D eigenvalue weighted by molar-refractivity contribution is 5.97. The van der Waals surface area contributed by atoms with E-state index < -0.39 is 11.2 Å². The molecule has 2 heterocycles. The lowest BCUT2D eigenvalue weighted by atomic mass is 9.96. The van der Waals surface area contributed by atoms with Crippen LogP contribution >= 0.6 is 0 Å². The molecule has 1 saturated carbocycles. The molecule has 36 heavy (non-hydrogen) atoms. The van der Waals surface area contributed by atoms with Gasteiger partial charge in [0.2, 0.25) is 0 Å². The highest BCUT2D eigenvalue weighted by Crippen LogP contribution is 2.19. The lowest BCUT2D eigenvalue weighted by Crippen LogP contribution is -2.51. The number of nitrogens with zero attached hydrogens (tertiary/aromatic N) is 2. The predicted molar refractivity (Wildman–Crippen MR) is 138 cm³/mol. The van der Waals surface area contributed by atoms with E-state index in [1.807, 2.05) is 6.07 Å². The number of piperidine rings is 1. The second kappa shape index (κ2) is 10.4. The molecule has 3 aromatic rings. The third-order valence-electron chi connectivity index (χ3n) is 7.22. The van der Waals surface area contributed by atoms with Crippen molar-refractivity contribution in [1.82, 2.24) is 25.1 Å². The average molecular weight is 490 g/mol.